The van der Waals surface area contributed by atoms with E-state index >= 15 is 0 Å². The first kappa shape index (κ1) is 23.9. The van der Waals surface area contributed by atoms with Crippen molar-refractivity contribution in [1.29, 1.82) is 0 Å². The van der Waals surface area contributed by atoms with Crippen LogP contribution < -0.4 is 30.9 Å². The van der Waals surface area contributed by atoms with Crippen LogP contribution in [-0.2, 0) is 4.84 Å². The molecule has 1 unspecified atom stereocenters. The van der Waals surface area contributed by atoms with Crippen molar-refractivity contribution in [3.05, 3.63) is 72.1 Å². The molecule has 9 heteroatoms. The van der Waals surface area contributed by atoms with E-state index in [4.69, 9.17) is 10.6 Å². The number of hydrogen-bond donors (Lipinski definition) is 2. The largest absolute Gasteiger partial charge is 0.457 e. The molecule has 1 aliphatic heterocycles. The molecule has 1 atom stereocenters. The molecule has 2 heterocycles. The Balaban J connectivity index is 1.35. The number of anilines is 3. The molecule has 0 spiro atoms. The van der Waals surface area contributed by atoms with Crippen LogP contribution in [0.15, 0.2) is 60.8 Å². The summed E-state index contributed by atoms with van der Waals surface area (Å²) in [4.78, 5) is 25.0. The molecule has 1 saturated carbocycles. The van der Waals surface area contributed by atoms with E-state index in [0.29, 0.717) is 17.4 Å². The van der Waals surface area contributed by atoms with Crippen LogP contribution in [0.25, 0.3) is 0 Å². The first-order valence-corrected chi connectivity index (χ1v) is 12.2. The number of amides is 1. The van der Waals surface area contributed by atoms with Crippen LogP contribution in [0.1, 0.15) is 47.7 Å². The van der Waals surface area contributed by atoms with Gasteiger partial charge >= 0.3 is 0 Å². The summed E-state index contributed by atoms with van der Waals surface area (Å²) in [5.74, 6) is 8.05. The van der Waals surface area contributed by atoms with E-state index in [2.05, 4.69) is 49.4 Å². The van der Waals surface area contributed by atoms with Crippen LogP contribution in [0.3, 0.4) is 0 Å². The van der Waals surface area contributed by atoms with Gasteiger partial charge in [-0.15, -0.1) is 0 Å². The molecule has 1 aromatic heterocycles. The van der Waals surface area contributed by atoms with Crippen molar-refractivity contribution in [3.63, 3.8) is 0 Å². The number of hydrogen-bond acceptors (Lipinski definition) is 8. The van der Waals surface area contributed by atoms with Gasteiger partial charge in [0.05, 0.1) is 24.2 Å². The van der Waals surface area contributed by atoms with E-state index in [1.54, 1.807) is 12.1 Å². The second kappa shape index (κ2) is 10.0. The third-order valence-electron chi connectivity index (χ3n) is 7.04. The number of hydrazine groups is 1. The molecule has 0 radical (unpaired) electrons. The van der Waals surface area contributed by atoms with Gasteiger partial charge in [-0.25, -0.2) is 11.3 Å². The van der Waals surface area contributed by atoms with Gasteiger partial charge in [-0.3, -0.25) is 19.6 Å². The van der Waals surface area contributed by atoms with E-state index < -0.39 is 5.91 Å². The number of benzene rings is 2. The SMILES string of the molecule is CONC(=O)c1cc(Oc2ccc3c(c2)N(C)C(N(N)c2cccc(C4CCCC4)c2)N3C)ccn1. The van der Waals surface area contributed by atoms with E-state index in [0.717, 1.165) is 17.1 Å². The summed E-state index contributed by atoms with van der Waals surface area (Å²) in [7, 11) is 5.44. The topological polar surface area (TPSA) is 96.2 Å². The third-order valence-corrected chi connectivity index (χ3v) is 7.04. The van der Waals surface area contributed by atoms with E-state index in [9.17, 15) is 4.79 Å². The fourth-order valence-corrected chi connectivity index (χ4v) is 5.24. The molecule has 1 aliphatic carbocycles. The summed E-state index contributed by atoms with van der Waals surface area (Å²) in [5.41, 5.74) is 6.86. The average Bonchev–Trinajstić information content (AvgIpc) is 3.51. The number of carbonyl (C=O) groups excluding carboxylic acids is 1. The van der Waals surface area contributed by atoms with Crippen molar-refractivity contribution in [2.45, 2.75) is 37.9 Å². The monoisotopic (exact) mass is 488 g/mol. The van der Waals surface area contributed by atoms with Crippen molar-refractivity contribution in [2.75, 3.05) is 36.0 Å². The standard InChI is InChI=1S/C27H32N6O3/c1-31-24-12-11-21(36-22-13-14-29-23(16-22)26(34)30-35-3)17-25(24)32(2)27(31)33(28)20-10-6-9-19(15-20)18-7-4-5-8-18/h6,9-18,27H,4-5,7-8,28H2,1-3H3,(H,30,34). The zero-order chi connectivity index (χ0) is 25.2. The van der Waals surface area contributed by atoms with Gasteiger partial charge in [0.1, 0.15) is 17.2 Å². The molecule has 2 aliphatic rings. The number of rotatable bonds is 7. The Morgan fingerprint density at radius 1 is 1.03 bits per heavy atom. The lowest BCUT2D eigenvalue weighted by Gasteiger charge is -2.36. The van der Waals surface area contributed by atoms with Crippen molar-refractivity contribution in [3.8, 4) is 11.5 Å². The second-order valence-corrected chi connectivity index (χ2v) is 9.32. The molecule has 36 heavy (non-hydrogen) atoms. The van der Waals surface area contributed by atoms with Gasteiger partial charge in [0.25, 0.3) is 5.91 Å². The Morgan fingerprint density at radius 3 is 2.56 bits per heavy atom. The number of aromatic nitrogens is 1. The highest BCUT2D eigenvalue weighted by molar-refractivity contribution is 5.91. The molecule has 9 nitrogen and oxygen atoms in total. The van der Waals surface area contributed by atoms with Crippen molar-refractivity contribution < 1.29 is 14.4 Å². The van der Waals surface area contributed by atoms with Crippen LogP contribution in [0.5, 0.6) is 11.5 Å². The van der Waals surface area contributed by atoms with Crippen LogP contribution in [0, 0.1) is 0 Å². The maximum atomic E-state index is 12.0. The molecule has 3 aromatic rings. The fourth-order valence-electron chi connectivity index (χ4n) is 5.24. The zero-order valence-electron chi connectivity index (χ0n) is 20.8. The van der Waals surface area contributed by atoms with Crippen LogP contribution >= 0.6 is 0 Å². The summed E-state index contributed by atoms with van der Waals surface area (Å²) in [6.07, 6.45) is 6.43. The van der Waals surface area contributed by atoms with Gasteiger partial charge in [-0.05, 0) is 54.7 Å². The molecule has 188 valence electrons. The van der Waals surface area contributed by atoms with Gasteiger partial charge in [-0.1, -0.05) is 25.0 Å². The normalized spacial score (nSPS) is 17.3. The number of fused-ring (bicyclic) bond motifs is 1. The number of carbonyl (C=O) groups is 1. The van der Waals surface area contributed by atoms with Crippen LogP contribution in [0.2, 0.25) is 0 Å². The molecular formula is C27H32N6O3. The average molecular weight is 489 g/mol. The highest BCUT2D eigenvalue weighted by Crippen LogP contribution is 2.42. The highest BCUT2D eigenvalue weighted by Gasteiger charge is 2.35. The minimum atomic E-state index is -0.443. The molecule has 1 amide bonds. The predicted molar refractivity (Wildman–Crippen MR) is 140 cm³/mol. The number of hydroxylamine groups is 1. The Labute approximate surface area is 211 Å². The van der Waals surface area contributed by atoms with Crippen molar-refractivity contribution in [1.82, 2.24) is 10.5 Å². The zero-order valence-corrected chi connectivity index (χ0v) is 20.8. The highest BCUT2D eigenvalue weighted by atomic mass is 16.6. The quantitative estimate of drug-likeness (QED) is 0.374. The lowest BCUT2D eigenvalue weighted by Crippen LogP contribution is -2.56. The van der Waals surface area contributed by atoms with Crippen LogP contribution in [0.4, 0.5) is 17.1 Å². The Bertz CT molecular complexity index is 1250. The minimum Gasteiger partial charge on any atom is -0.457 e. The number of pyridine rings is 1. The maximum Gasteiger partial charge on any atom is 0.293 e. The van der Waals surface area contributed by atoms with E-state index in [1.165, 1.54) is 44.6 Å². The van der Waals surface area contributed by atoms with Gasteiger partial charge in [-0.2, -0.15) is 0 Å². The smallest absolute Gasteiger partial charge is 0.293 e. The summed E-state index contributed by atoms with van der Waals surface area (Å²) in [6.45, 7) is 0. The summed E-state index contributed by atoms with van der Waals surface area (Å²) >= 11 is 0. The van der Waals surface area contributed by atoms with Gasteiger partial charge < -0.3 is 14.5 Å². The van der Waals surface area contributed by atoms with Gasteiger partial charge in [0.2, 0.25) is 0 Å². The Morgan fingerprint density at radius 2 is 1.78 bits per heavy atom. The lowest BCUT2D eigenvalue weighted by molar-refractivity contribution is 0.0532. The summed E-state index contributed by atoms with van der Waals surface area (Å²) in [5, 5.41) is 1.82. The van der Waals surface area contributed by atoms with Crippen molar-refractivity contribution in [2.24, 2.45) is 5.84 Å². The Hall–Kier alpha value is -3.82. The second-order valence-electron chi connectivity index (χ2n) is 9.32. The predicted octanol–water partition coefficient (Wildman–Crippen LogP) is 4.37. The molecule has 3 N–H and O–H groups in total. The lowest BCUT2D eigenvalue weighted by atomic mass is 9.97. The summed E-state index contributed by atoms with van der Waals surface area (Å²) < 4.78 is 6.06. The number of nitrogens with two attached hydrogens (primary N) is 1. The number of nitrogens with one attached hydrogen (secondary N) is 1. The first-order valence-electron chi connectivity index (χ1n) is 12.2. The number of nitrogens with zero attached hydrogens (tertiary/aromatic N) is 4. The first-order chi connectivity index (χ1) is 17.5. The third kappa shape index (κ3) is 4.55. The van der Waals surface area contributed by atoms with Gasteiger partial charge in [0, 0.05) is 32.4 Å². The van der Waals surface area contributed by atoms with Crippen molar-refractivity contribution >= 4 is 23.0 Å². The summed E-state index contributed by atoms with van der Waals surface area (Å²) in [6, 6.07) is 17.8. The van der Waals surface area contributed by atoms with Crippen LogP contribution in [-0.4, -0.2) is 38.4 Å². The molecule has 0 bridgehead atoms. The molecule has 1 fully saturated rings. The number of ether oxygens (including phenoxy) is 1. The molecule has 5 rings (SSSR count). The minimum absolute atomic E-state index is 0.195. The maximum absolute atomic E-state index is 12.0. The van der Waals surface area contributed by atoms with E-state index in [-0.39, 0.29) is 12.0 Å². The Kier molecular flexibility index (Phi) is 6.67. The molecular weight excluding hydrogens is 456 g/mol. The molecule has 2 aromatic carbocycles. The fraction of sp³-hybridized carbons (Fsp3) is 0.333. The molecule has 0 saturated heterocycles. The van der Waals surface area contributed by atoms with E-state index in [1.807, 2.05) is 37.3 Å². The van der Waals surface area contributed by atoms with Gasteiger partial charge in [0.15, 0.2) is 6.29 Å².